The first-order valence-electron chi connectivity index (χ1n) is 11.2. The molecule has 4 rings (SSSR count). The second-order valence-corrected chi connectivity index (χ2v) is 8.09. The summed E-state index contributed by atoms with van der Waals surface area (Å²) in [6.45, 7) is 5.74. The Balaban J connectivity index is 1.45. The first-order valence-corrected chi connectivity index (χ1v) is 11.2. The number of hydrogen-bond acceptors (Lipinski definition) is 6. The fraction of sp³-hybridized carbons (Fsp3) is 0.500. The molecule has 0 bridgehead atoms. The highest BCUT2D eigenvalue weighted by molar-refractivity contribution is 5.93. The van der Waals surface area contributed by atoms with Crippen molar-refractivity contribution in [1.29, 1.82) is 0 Å². The number of methoxy groups -OCH3 is 1. The molecule has 2 fully saturated rings. The summed E-state index contributed by atoms with van der Waals surface area (Å²) in [5.74, 6) is 0.708. The van der Waals surface area contributed by atoms with Crippen molar-refractivity contribution in [2.24, 2.45) is 0 Å². The number of carbonyl (C=O) groups is 1. The van der Waals surface area contributed by atoms with E-state index in [1.807, 2.05) is 24.3 Å². The maximum absolute atomic E-state index is 12.9. The number of likely N-dealkylation sites (tertiary alicyclic amines) is 1. The Morgan fingerprint density at radius 1 is 1.10 bits per heavy atom. The minimum atomic E-state index is -0.134. The molecular weight excluding hydrogens is 392 g/mol. The number of nitrogens with zero attached hydrogens (tertiary/aromatic N) is 3. The third-order valence-electron chi connectivity index (χ3n) is 6.14. The highest BCUT2D eigenvalue weighted by Gasteiger charge is 2.23. The molecule has 1 amide bonds. The molecule has 2 saturated heterocycles. The lowest BCUT2D eigenvalue weighted by molar-refractivity contribution is 0.0919. The van der Waals surface area contributed by atoms with Crippen molar-refractivity contribution in [1.82, 2.24) is 15.2 Å². The molecule has 0 unspecified atom stereocenters. The molecule has 7 nitrogen and oxygen atoms in total. The number of pyridine rings is 1. The highest BCUT2D eigenvalue weighted by Crippen LogP contribution is 2.26. The summed E-state index contributed by atoms with van der Waals surface area (Å²) in [5, 5.41) is 3.14. The van der Waals surface area contributed by atoms with Crippen LogP contribution in [-0.4, -0.2) is 68.8 Å². The quantitative estimate of drug-likeness (QED) is 0.737. The minimum Gasteiger partial charge on any atom is -0.497 e. The van der Waals surface area contributed by atoms with Gasteiger partial charge in [0, 0.05) is 31.5 Å². The molecule has 1 aromatic heterocycles. The van der Waals surface area contributed by atoms with Crippen LogP contribution in [0, 0.1) is 0 Å². The van der Waals surface area contributed by atoms with Crippen LogP contribution >= 0.6 is 0 Å². The summed E-state index contributed by atoms with van der Waals surface area (Å²) in [5.41, 5.74) is 2.67. The molecule has 0 aliphatic carbocycles. The molecular formula is C24H32N4O3. The van der Waals surface area contributed by atoms with Gasteiger partial charge in [-0.15, -0.1) is 0 Å². The smallest absolute Gasteiger partial charge is 0.270 e. The first-order chi connectivity index (χ1) is 15.2. The van der Waals surface area contributed by atoms with E-state index >= 15 is 0 Å². The number of carbonyl (C=O) groups excluding carboxylic acids is 1. The van der Waals surface area contributed by atoms with Crippen LogP contribution in [-0.2, 0) is 4.74 Å². The van der Waals surface area contributed by atoms with Crippen LogP contribution in [0.3, 0.4) is 0 Å². The average molecular weight is 425 g/mol. The number of piperidine rings is 1. The van der Waals surface area contributed by atoms with Gasteiger partial charge in [-0.25, -0.2) is 0 Å². The van der Waals surface area contributed by atoms with Gasteiger partial charge in [0.15, 0.2) is 0 Å². The largest absolute Gasteiger partial charge is 0.497 e. The molecule has 0 spiro atoms. The van der Waals surface area contributed by atoms with E-state index in [0.29, 0.717) is 25.5 Å². The number of hydrogen-bond donors (Lipinski definition) is 1. The highest BCUT2D eigenvalue weighted by atomic mass is 16.5. The van der Waals surface area contributed by atoms with Crippen LogP contribution in [0.4, 0.5) is 5.69 Å². The molecule has 0 radical (unpaired) electrons. The summed E-state index contributed by atoms with van der Waals surface area (Å²) in [4.78, 5) is 22.0. The van der Waals surface area contributed by atoms with Gasteiger partial charge in [-0.2, -0.15) is 0 Å². The van der Waals surface area contributed by atoms with Crippen LogP contribution in [0.1, 0.15) is 41.4 Å². The van der Waals surface area contributed by atoms with Crippen molar-refractivity contribution < 1.29 is 14.3 Å². The van der Waals surface area contributed by atoms with Gasteiger partial charge in [-0.3, -0.25) is 14.7 Å². The lowest BCUT2D eigenvalue weighted by Gasteiger charge is -2.35. The fourth-order valence-electron chi connectivity index (χ4n) is 4.36. The van der Waals surface area contributed by atoms with Crippen molar-refractivity contribution in [3.05, 3.63) is 53.9 Å². The Labute approximate surface area is 184 Å². The number of morpholine rings is 1. The Kier molecular flexibility index (Phi) is 7.38. The number of rotatable bonds is 7. The number of ether oxygens (including phenoxy) is 2. The Morgan fingerprint density at radius 2 is 1.84 bits per heavy atom. The van der Waals surface area contributed by atoms with Crippen LogP contribution in [0.25, 0.3) is 0 Å². The Bertz CT molecular complexity index is 846. The van der Waals surface area contributed by atoms with E-state index in [2.05, 4.69) is 32.2 Å². The summed E-state index contributed by atoms with van der Waals surface area (Å²) < 4.78 is 10.7. The van der Waals surface area contributed by atoms with Gasteiger partial charge in [0.25, 0.3) is 5.91 Å². The topological polar surface area (TPSA) is 66.9 Å². The summed E-state index contributed by atoms with van der Waals surface area (Å²) >= 11 is 0. The van der Waals surface area contributed by atoms with E-state index in [4.69, 9.17) is 9.47 Å². The van der Waals surface area contributed by atoms with Gasteiger partial charge in [-0.1, -0.05) is 18.6 Å². The number of benzene rings is 1. The molecule has 31 heavy (non-hydrogen) atoms. The maximum atomic E-state index is 12.9. The number of amides is 1. The van der Waals surface area contributed by atoms with Crippen molar-refractivity contribution in [3.63, 3.8) is 0 Å². The predicted octanol–water partition coefficient (Wildman–Crippen LogP) is 2.88. The number of anilines is 1. The molecule has 2 aromatic rings. The van der Waals surface area contributed by atoms with Crippen molar-refractivity contribution >= 4 is 11.6 Å². The van der Waals surface area contributed by atoms with Gasteiger partial charge in [-0.05, 0) is 55.8 Å². The summed E-state index contributed by atoms with van der Waals surface area (Å²) in [6.07, 6.45) is 5.38. The Morgan fingerprint density at radius 3 is 2.55 bits per heavy atom. The monoisotopic (exact) mass is 424 g/mol. The van der Waals surface area contributed by atoms with Gasteiger partial charge in [0.1, 0.15) is 11.4 Å². The van der Waals surface area contributed by atoms with E-state index in [-0.39, 0.29) is 11.9 Å². The minimum absolute atomic E-state index is 0.134. The summed E-state index contributed by atoms with van der Waals surface area (Å²) in [7, 11) is 1.68. The zero-order chi connectivity index (χ0) is 21.5. The molecule has 2 aliphatic rings. The van der Waals surface area contributed by atoms with Gasteiger partial charge in [0.2, 0.25) is 0 Å². The lowest BCUT2D eigenvalue weighted by Crippen LogP contribution is -2.41. The molecule has 1 atom stereocenters. The molecule has 166 valence electrons. The average Bonchev–Trinajstić information content (AvgIpc) is 2.85. The number of aromatic nitrogens is 1. The maximum Gasteiger partial charge on any atom is 0.270 e. The van der Waals surface area contributed by atoms with Crippen LogP contribution in [0.15, 0.2) is 42.6 Å². The fourth-order valence-corrected chi connectivity index (χ4v) is 4.36. The molecule has 0 saturated carbocycles. The van der Waals surface area contributed by atoms with Gasteiger partial charge < -0.3 is 19.7 Å². The van der Waals surface area contributed by atoms with Crippen molar-refractivity contribution in [2.75, 3.05) is 57.9 Å². The SMILES string of the molecule is COc1ccc([C@H](CNC(=O)c2cc(N3CCOCC3)ccn2)N2CCCCC2)cc1. The van der Waals surface area contributed by atoms with E-state index < -0.39 is 0 Å². The zero-order valence-corrected chi connectivity index (χ0v) is 18.3. The molecule has 2 aliphatic heterocycles. The van der Waals surface area contributed by atoms with Crippen molar-refractivity contribution in [3.8, 4) is 5.75 Å². The second kappa shape index (κ2) is 10.6. The van der Waals surface area contributed by atoms with E-state index in [9.17, 15) is 4.79 Å². The molecule has 3 heterocycles. The van der Waals surface area contributed by atoms with E-state index in [0.717, 1.165) is 37.6 Å². The van der Waals surface area contributed by atoms with Crippen LogP contribution in [0.2, 0.25) is 0 Å². The van der Waals surface area contributed by atoms with Crippen LogP contribution in [0.5, 0.6) is 5.75 Å². The van der Waals surface area contributed by atoms with Gasteiger partial charge in [0.05, 0.1) is 26.4 Å². The first kappa shape index (κ1) is 21.6. The Hall–Kier alpha value is -2.64. The number of nitrogens with one attached hydrogen (secondary N) is 1. The van der Waals surface area contributed by atoms with E-state index in [1.54, 1.807) is 13.3 Å². The lowest BCUT2D eigenvalue weighted by atomic mass is 10.0. The molecule has 1 N–H and O–H groups in total. The standard InChI is InChI=1S/C24H32N4O3/c1-30-21-7-5-19(6-8-21)23(28-11-3-2-4-12-28)18-26-24(29)22-17-20(9-10-25-22)27-13-15-31-16-14-27/h5-10,17,23H,2-4,11-16,18H2,1H3,(H,26,29)/t23-/m0/s1. The normalized spacial score (nSPS) is 18.4. The third-order valence-corrected chi connectivity index (χ3v) is 6.14. The molecule has 1 aromatic carbocycles. The zero-order valence-electron chi connectivity index (χ0n) is 18.3. The summed E-state index contributed by atoms with van der Waals surface area (Å²) in [6, 6.07) is 12.1. The third kappa shape index (κ3) is 5.54. The van der Waals surface area contributed by atoms with Crippen molar-refractivity contribution in [2.45, 2.75) is 25.3 Å². The molecule has 7 heteroatoms. The van der Waals surface area contributed by atoms with E-state index in [1.165, 1.54) is 24.8 Å². The second-order valence-electron chi connectivity index (χ2n) is 8.09. The van der Waals surface area contributed by atoms with Crippen LogP contribution < -0.4 is 15.0 Å². The predicted molar refractivity (Wildman–Crippen MR) is 121 cm³/mol. The van der Waals surface area contributed by atoms with Gasteiger partial charge >= 0.3 is 0 Å².